The van der Waals surface area contributed by atoms with Crippen molar-refractivity contribution in [2.75, 3.05) is 6.54 Å². The van der Waals surface area contributed by atoms with E-state index in [1.54, 1.807) is 35.4 Å². The Hall–Kier alpha value is -2.11. The van der Waals surface area contributed by atoms with Crippen LogP contribution in [0.4, 0.5) is 0 Å². The van der Waals surface area contributed by atoms with Gasteiger partial charge in [-0.3, -0.25) is 9.78 Å². The molecule has 1 aliphatic rings. The molecule has 0 bridgehead atoms. The number of nitrogens with two attached hydrogens (primary N) is 1. The molecule has 5 nitrogen and oxygen atoms in total. The molecule has 0 saturated heterocycles. The fraction of sp³-hybridized carbons (Fsp3) is 0.250. The zero-order chi connectivity index (χ0) is 14.8. The number of carbonyl (C=O) groups excluding carboxylic acids is 1. The van der Waals surface area contributed by atoms with Crippen molar-refractivity contribution in [3.63, 3.8) is 0 Å². The van der Waals surface area contributed by atoms with Gasteiger partial charge in [-0.15, -0.1) is 12.4 Å². The third-order valence-corrected chi connectivity index (χ3v) is 3.76. The van der Waals surface area contributed by atoms with Gasteiger partial charge >= 0.3 is 0 Å². The van der Waals surface area contributed by atoms with Crippen molar-refractivity contribution >= 4 is 18.3 Å². The molecule has 0 fully saturated rings. The number of hydrogen-bond donors (Lipinski definition) is 2. The van der Waals surface area contributed by atoms with E-state index in [0.29, 0.717) is 30.9 Å². The summed E-state index contributed by atoms with van der Waals surface area (Å²) in [4.78, 5) is 18.5. The predicted octanol–water partition coefficient (Wildman–Crippen LogP) is 1.87. The first-order valence-electron chi connectivity index (χ1n) is 6.92. The van der Waals surface area contributed by atoms with Crippen LogP contribution in [0.3, 0.4) is 0 Å². The average molecular weight is 320 g/mol. The Bertz CT molecular complexity index is 691. The van der Waals surface area contributed by atoms with E-state index in [9.17, 15) is 9.90 Å². The summed E-state index contributed by atoms with van der Waals surface area (Å²) >= 11 is 0. The van der Waals surface area contributed by atoms with Crippen LogP contribution in [-0.4, -0.2) is 27.4 Å². The number of aromatic hydroxyl groups is 1. The predicted molar refractivity (Wildman–Crippen MR) is 85.9 cm³/mol. The molecule has 0 saturated carbocycles. The van der Waals surface area contributed by atoms with Crippen LogP contribution in [-0.2, 0) is 19.5 Å². The summed E-state index contributed by atoms with van der Waals surface area (Å²) in [5, 5.41) is 9.57. The van der Waals surface area contributed by atoms with Crippen molar-refractivity contribution in [2.45, 2.75) is 19.5 Å². The van der Waals surface area contributed by atoms with E-state index < -0.39 is 0 Å². The molecule has 3 N–H and O–H groups in total. The Morgan fingerprint density at radius 3 is 2.86 bits per heavy atom. The highest BCUT2D eigenvalue weighted by Gasteiger charge is 2.22. The molecule has 0 spiro atoms. The zero-order valence-electron chi connectivity index (χ0n) is 12.0. The van der Waals surface area contributed by atoms with Gasteiger partial charge in [0, 0.05) is 31.4 Å². The topological polar surface area (TPSA) is 79.5 Å². The molecule has 1 aliphatic heterocycles. The van der Waals surface area contributed by atoms with Crippen LogP contribution in [0.15, 0.2) is 36.5 Å². The molecule has 0 aliphatic carbocycles. The lowest BCUT2D eigenvalue weighted by molar-refractivity contribution is 0.0734. The summed E-state index contributed by atoms with van der Waals surface area (Å²) in [5.41, 5.74) is 9.06. The Morgan fingerprint density at radius 2 is 2.09 bits per heavy atom. The molecule has 1 aromatic heterocycles. The Kier molecular flexibility index (Phi) is 5.00. The van der Waals surface area contributed by atoms with Crippen molar-refractivity contribution < 1.29 is 9.90 Å². The Morgan fingerprint density at radius 1 is 1.27 bits per heavy atom. The number of carbonyl (C=O) groups is 1. The van der Waals surface area contributed by atoms with Gasteiger partial charge in [0.1, 0.15) is 5.75 Å². The summed E-state index contributed by atoms with van der Waals surface area (Å²) < 4.78 is 0. The number of halogens is 1. The quantitative estimate of drug-likeness (QED) is 0.885. The zero-order valence-corrected chi connectivity index (χ0v) is 12.8. The smallest absolute Gasteiger partial charge is 0.254 e. The lowest BCUT2D eigenvalue weighted by Crippen LogP contribution is -2.36. The maximum Gasteiger partial charge on any atom is 0.254 e. The van der Waals surface area contributed by atoms with Gasteiger partial charge in [-0.05, 0) is 41.8 Å². The Labute approximate surface area is 135 Å². The monoisotopic (exact) mass is 319 g/mol. The van der Waals surface area contributed by atoms with Crippen LogP contribution >= 0.6 is 12.4 Å². The highest BCUT2D eigenvalue weighted by atomic mass is 35.5. The van der Waals surface area contributed by atoms with E-state index in [0.717, 1.165) is 12.0 Å². The number of fused-ring (bicyclic) bond motifs is 1. The fourth-order valence-corrected chi connectivity index (χ4v) is 2.62. The van der Waals surface area contributed by atoms with Crippen molar-refractivity contribution in [2.24, 2.45) is 5.73 Å². The molecule has 0 unspecified atom stereocenters. The lowest BCUT2D eigenvalue weighted by atomic mass is 9.99. The molecular weight excluding hydrogens is 302 g/mol. The van der Waals surface area contributed by atoms with Crippen LogP contribution < -0.4 is 5.73 Å². The number of benzene rings is 1. The molecule has 2 aromatic rings. The third-order valence-electron chi connectivity index (χ3n) is 3.76. The molecule has 3 rings (SSSR count). The van der Waals surface area contributed by atoms with Crippen LogP contribution in [0.25, 0.3) is 0 Å². The third kappa shape index (κ3) is 3.21. The highest BCUT2D eigenvalue weighted by Crippen LogP contribution is 2.24. The summed E-state index contributed by atoms with van der Waals surface area (Å²) in [6.45, 7) is 1.51. The number of rotatable bonds is 2. The first-order valence-corrected chi connectivity index (χ1v) is 6.92. The molecule has 0 radical (unpaired) electrons. The second kappa shape index (κ2) is 6.77. The summed E-state index contributed by atoms with van der Waals surface area (Å²) in [5.74, 6) is 0.207. The largest absolute Gasteiger partial charge is 0.508 e. The highest BCUT2D eigenvalue weighted by molar-refractivity contribution is 5.94. The first kappa shape index (κ1) is 16.3. The lowest BCUT2D eigenvalue weighted by Gasteiger charge is -2.29. The van der Waals surface area contributed by atoms with Crippen LogP contribution in [0.5, 0.6) is 5.75 Å². The van der Waals surface area contributed by atoms with Crippen LogP contribution in [0, 0.1) is 0 Å². The second-order valence-electron chi connectivity index (χ2n) is 5.17. The number of nitrogens with zero attached hydrogens (tertiary/aromatic N) is 2. The maximum absolute atomic E-state index is 12.6. The van der Waals surface area contributed by atoms with Gasteiger partial charge in [0.05, 0.1) is 5.69 Å². The normalized spacial score (nSPS) is 13.2. The van der Waals surface area contributed by atoms with Gasteiger partial charge in [-0.1, -0.05) is 6.07 Å². The molecule has 1 amide bonds. The number of amides is 1. The van der Waals surface area contributed by atoms with Crippen molar-refractivity contribution in [3.05, 3.63) is 58.9 Å². The van der Waals surface area contributed by atoms with E-state index in [1.165, 1.54) is 5.56 Å². The summed E-state index contributed by atoms with van der Waals surface area (Å²) in [6.07, 6.45) is 2.41. The molecule has 6 heteroatoms. The maximum atomic E-state index is 12.6. The van der Waals surface area contributed by atoms with Crippen molar-refractivity contribution in [1.82, 2.24) is 9.88 Å². The van der Waals surface area contributed by atoms with E-state index in [1.807, 2.05) is 6.07 Å². The average Bonchev–Trinajstić information content (AvgIpc) is 2.53. The van der Waals surface area contributed by atoms with Gasteiger partial charge in [0.25, 0.3) is 5.91 Å². The van der Waals surface area contributed by atoms with E-state index in [4.69, 9.17) is 5.73 Å². The summed E-state index contributed by atoms with van der Waals surface area (Å²) in [6, 6.07) is 8.78. The van der Waals surface area contributed by atoms with Crippen LogP contribution in [0.2, 0.25) is 0 Å². The van der Waals surface area contributed by atoms with Crippen molar-refractivity contribution in [1.29, 1.82) is 0 Å². The van der Waals surface area contributed by atoms with Gasteiger partial charge < -0.3 is 15.7 Å². The van der Waals surface area contributed by atoms with Gasteiger partial charge in [0.2, 0.25) is 0 Å². The molecule has 22 heavy (non-hydrogen) atoms. The van der Waals surface area contributed by atoms with E-state index >= 15 is 0 Å². The van der Waals surface area contributed by atoms with Gasteiger partial charge in [-0.2, -0.15) is 0 Å². The molecule has 2 heterocycles. The number of phenols is 1. The standard InChI is InChI=1S/C16H17N3O2.ClH/c17-9-14-7-12(3-5-18-14)16(21)19-6-4-11-1-2-15(20)8-13(11)10-19;/h1-3,5,7-8,20H,4,6,9-10,17H2;1H. The number of phenolic OH excluding ortho intramolecular Hbond substituents is 1. The van der Waals surface area contributed by atoms with Crippen molar-refractivity contribution in [3.8, 4) is 5.75 Å². The number of pyridine rings is 1. The molecule has 0 atom stereocenters. The minimum Gasteiger partial charge on any atom is -0.508 e. The summed E-state index contributed by atoms with van der Waals surface area (Å²) in [7, 11) is 0. The van der Waals surface area contributed by atoms with Gasteiger partial charge in [-0.25, -0.2) is 0 Å². The first-order chi connectivity index (χ1) is 10.2. The molecule has 1 aromatic carbocycles. The van der Waals surface area contributed by atoms with E-state index in [2.05, 4.69) is 4.98 Å². The Balaban J connectivity index is 0.00000176. The minimum atomic E-state index is -0.0268. The van der Waals surface area contributed by atoms with E-state index in [-0.39, 0.29) is 24.1 Å². The SMILES string of the molecule is Cl.NCc1cc(C(=O)N2CCc3ccc(O)cc3C2)ccn1. The number of aromatic nitrogens is 1. The minimum absolute atomic E-state index is 0. The second-order valence-corrected chi connectivity index (χ2v) is 5.17. The number of hydrogen-bond acceptors (Lipinski definition) is 4. The van der Waals surface area contributed by atoms with Gasteiger partial charge in [0.15, 0.2) is 0 Å². The molecule has 116 valence electrons. The van der Waals surface area contributed by atoms with Crippen LogP contribution in [0.1, 0.15) is 27.2 Å². The fourth-order valence-electron chi connectivity index (χ4n) is 2.62. The molecular formula is C16H18ClN3O2.